The Kier molecular flexibility index (Phi) is 5.71. The zero-order chi connectivity index (χ0) is 17.6. The van der Waals surface area contributed by atoms with Crippen LogP contribution in [0.25, 0.3) is 0 Å². The van der Waals surface area contributed by atoms with Crippen LogP contribution in [0.1, 0.15) is 24.1 Å². The molecule has 1 fully saturated rings. The average molecular weight is 361 g/mol. The van der Waals surface area contributed by atoms with Crippen LogP contribution in [0.15, 0.2) is 36.8 Å². The fraction of sp³-hybridized carbons (Fsp3) is 0.389. The predicted octanol–water partition coefficient (Wildman–Crippen LogP) is 1.96. The minimum Gasteiger partial charge on any atom is -0.353 e. The molecule has 2 heterocycles. The van der Waals surface area contributed by atoms with Crippen LogP contribution in [0.3, 0.4) is 0 Å². The van der Waals surface area contributed by atoms with Crippen molar-refractivity contribution in [2.75, 3.05) is 13.1 Å². The maximum absolute atomic E-state index is 12.6. The van der Waals surface area contributed by atoms with Crippen LogP contribution in [0.4, 0.5) is 0 Å². The topological polar surface area (TPSA) is 78.1 Å². The predicted molar refractivity (Wildman–Crippen MR) is 95.2 cm³/mol. The first-order valence-corrected chi connectivity index (χ1v) is 8.80. The molecule has 0 saturated carbocycles. The first kappa shape index (κ1) is 17.5. The van der Waals surface area contributed by atoms with Crippen molar-refractivity contribution in [2.24, 2.45) is 0 Å². The molecule has 3 rings (SSSR count). The maximum atomic E-state index is 12.6. The van der Waals surface area contributed by atoms with E-state index in [2.05, 4.69) is 15.3 Å². The number of benzene rings is 1. The second kappa shape index (κ2) is 8.16. The quantitative estimate of drug-likeness (QED) is 0.826. The number of aromatic nitrogens is 2. The molecule has 1 unspecified atom stereocenters. The smallest absolute Gasteiger partial charge is 0.243 e. The summed E-state index contributed by atoms with van der Waals surface area (Å²) in [7, 11) is 0. The van der Waals surface area contributed by atoms with Crippen molar-refractivity contribution in [3.05, 3.63) is 53.1 Å². The Morgan fingerprint density at radius 3 is 2.84 bits per heavy atom. The minimum atomic E-state index is -0.475. The van der Waals surface area contributed by atoms with Crippen LogP contribution >= 0.6 is 11.6 Å². The lowest BCUT2D eigenvalue weighted by molar-refractivity contribution is -0.143. The molecule has 2 aromatic rings. The summed E-state index contributed by atoms with van der Waals surface area (Å²) in [5, 5.41) is 3.55. The number of carbonyl (C=O) groups is 2. The highest BCUT2D eigenvalue weighted by Gasteiger charge is 2.32. The fourth-order valence-electron chi connectivity index (χ4n) is 3.06. The van der Waals surface area contributed by atoms with Crippen LogP contribution in [0.5, 0.6) is 0 Å². The molecule has 0 spiro atoms. The van der Waals surface area contributed by atoms with E-state index in [0.717, 1.165) is 24.1 Å². The molecule has 1 aliphatic heterocycles. The van der Waals surface area contributed by atoms with E-state index in [1.165, 1.54) is 0 Å². The summed E-state index contributed by atoms with van der Waals surface area (Å²) in [6, 6.07) is 7.18. The van der Waals surface area contributed by atoms with Gasteiger partial charge in [-0.25, -0.2) is 4.98 Å². The second-order valence-corrected chi connectivity index (χ2v) is 6.59. The normalized spacial score (nSPS) is 17.4. The molecule has 0 radical (unpaired) electrons. The molecule has 1 atom stereocenters. The van der Waals surface area contributed by atoms with Gasteiger partial charge in [0.05, 0.1) is 6.33 Å². The fourth-order valence-corrected chi connectivity index (χ4v) is 3.19. The van der Waals surface area contributed by atoms with Crippen molar-refractivity contribution in [1.29, 1.82) is 0 Å². The van der Waals surface area contributed by atoms with E-state index in [1.54, 1.807) is 17.4 Å². The van der Waals surface area contributed by atoms with Crippen LogP contribution < -0.4 is 5.32 Å². The van der Waals surface area contributed by atoms with Gasteiger partial charge < -0.3 is 15.2 Å². The number of carbonyl (C=O) groups excluding carboxylic acids is 2. The molecular weight excluding hydrogens is 340 g/mol. The third-order valence-corrected chi connectivity index (χ3v) is 4.64. The van der Waals surface area contributed by atoms with Crippen LogP contribution in [-0.4, -0.2) is 45.8 Å². The van der Waals surface area contributed by atoms with Gasteiger partial charge in [-0.05, 0) is 30.5 Å². The summed E-state index contributed by atoms with van der Waals surface area (Å²) in [6.45, 7) is 1.05. The molecule has 1 saturated heterocycles. The Balaban J connectivity index is 1.56. The third kappa shape index (κ3) is 4.60. The standard InChI is InChI=1S/C18H21ClN4O2/c19-14-6-4-13(5-7-14)2-1-3-17(24)23-9-8-21-18(25)16(23)10-15-11-20-12-22-15/h4-7,11-12,16H,1-3,8-10H2,(H,20,22)(H,21,25). The van der Waals surface area contributed by atoms with E-state index in [1.807, 2.05) is 24.3 Å². The molecule has 6 nitrogen and oxygen atoms in total. The summed E-state index contributed by atoms with van der Waals surface area (Å²) in [5.74, 6) is -0.0831. The van der Waals surface area contributed by atoms with E-state index in [0.29, 0.717) is 31.0 Å². The summed E-state index contributed by atoms with van der Waals surface area (Å²) in [4.78, 5) is 33.5. The molecule has 2 N–H and O–H groups in total. The molecule has 1 aliphatic rings. The van der Waals surface area contributed by atoms with Crippen molar-refractivity contribution in [3.8, 4) is 0 Å². The van der Waals surface area contributed by atoms with Gasteiger partial charge in [0.2, 0.25) is 11.8 Å². The Hall–Kier alpha value is -2.34. The van der Waals surface area contributed by atoms with Crippen molar-refractivity contribution in [3.63, 3.8) is 0 Å². The number of rotatable bonds is 6. The number of hydrogen-bond acceptors (Lipinski definition) is 3. The van der Waals surface area contributed by atoms with Crippen LogP contribution in [0, 0.1) is 0 Å². The summed E-state index contributed by atoms with van der Waals surface area (Å²) in [5.41, 5.74) is 2.00. The Morgan fingerprint density at radius 2 is 2.12 bits per heavy atom. The van der Waals surface area contributed by atoms with E-state index in [9.17, 15) is 9.59 Å². The van der Waals surface area contributed by atoms with Crippen molar-refractivity contribution in [2.45, 2.75) is 31.7 Å². The summed E-state index contributed by atoms with van der Waals surface area (Å²) >= 11 is 5.88. The van der Waals surface area contributed by atoms with Gasteiger partial charge in [-0.15, -0.1) is 0 Å². The molecule has 0 bridgehead atoms. The molecule has 25 heavy (non-hydrogen) atoms. The number of imidazole rings is 1. The highest BCUT2D eigenvalue weighted by Crippen LogP contribution is 2.15. The number of aryl methyl sites for hydroxylation is 1. The van der Waals surface area contributed by atoms with Gasteiger partial charge in [-0.3, -0.25) is 9.59 Å². The molecule has 132 valence electrons. The lowest BCUT2D eigenvalue weighted by atomic mass is 10.0. The van der Waals surface area contributed by atoms with E-state index >= 15 is 0 Å². The van der Waals surface area contributed by atoms with Crippen LogP contribution in [-0.2, 0) is 22.4 Å². The molecule has 1 aromatic carbocycles. The van der Waals surface area contributed by atoms with E-state index < -0.39 is 6.04 Å². The number of nitrogens with zero attached hydrogens (tertiary/aromatic N) is 2. The number of hydrogen-bond donors (Lipinski definition) is 2. The zero-order valence-corrected chi connectivity index (χ0v) is 14.6. The van der Waals surface area contributed by atoms with Gasteiger partial charge in [0.15, 0.2) is 0 Å². The zero-order valence-electron chi connectivity index (χ0n) is 13.9. The van der Waals surface area contributed by atoms with Gasteiger partial charge in [0.1, 0.15) is 6.04 Å². The van der Waals surface area contributed by atoms with Gasteiger partial charge in [-0.1, -0.05) is 23.7 Å². The SMILES string of the molecule is O=C1NCCN(C(=O)CCCc2ccc(Cl)cc2)C1Cc1cnc[nH]1. The maximum Gasteiger partial charge on any atom is 0.243 e. The highest BCUT2D eigenvalue weighted by molar-refractivity contribution is 6.30. The monoisotopic (exact) mass is 360 g/mol. The molecule has 2 amide bonds. The number of H-pyrrole nitrogens is 1. The Morgan fingerprint density at radius 1 is 1.32 bits per heavy atom. The van der Waals surface area contributed by atoms with Crippen LogP contribution in [0.2, 0.25) is 5.02 Å². The summed E-state index contributed by atoms with van der Waals surface area (Å²) < 4.78 is 0. The highest BCUT2D eigenvalue weighted by atomic mass is 35.5. The molecule has 7 heteroatoms. The minimum absolute atomic E-state index is 0.0216. The number of aromatic amines is 1. The first-order chi connectivity index (χ1) is 12.1. The number of nitrogens with one attached hydrogen (secondary N) is 2. The average Bonchev–Trinajstić information content (AvgIpc) is 3.11. The first-order valence-electron chi connectivity index (χ1n) is 8.42. The van der Waals surface area contributed by atoms with Crippen molar-refractivity contribution >= 4 is 23.4 Å². The third-order valence-electron chi connectivity index (χ3n) is 4.39. The van der Waals surface area contributed by atoms with Gasteiger partial charge in [0.25, 0.3) is 0 Å². The second-order valence-electron chi connectivity index (χ2n) is 6.15. The lowest BCUT2D eigenvalue weighted by Crippen LogP contribution is -2.58. The van der Waals surface area contributed by atoms with E-state index in [4.69, 9.17) is 11.6 Å². The largest absolute Gasteiger partial charge is 0.353 e. The molecule has 1 aromatic heterocycles. The van der Waals surface area contributed by atoms with Crippen molar-refractivity contribution < 1.29 is 9.59 Å². The number of halogens is 1. The summed E-state index contributed by atoms with van der Waals surface area (Å²) in [6.07, 6.45) is 5.70. The van der Waals surface area contributed by atoms with Gasteiger partial charge >= 0.3 is 0 Å². The molecular formula is C18H21ClN4O2. The Labute approximate surface area is 151 Å². The lowest BCUT2D eigenvalue weighted by Gasteiger charge is -2.35. The van der Waals surface area contributed by atoms with Gasteiger partial charge in [-0.2, -0.15) is 0 Å². The molecule has 0 aliphatic carbocycles. The van der Waals surface area contributed by atoms with Gasteiger partial charge in [0, 0.05) is 42.8 Å². The van der Waals surface area contributed by atoms with E-state index in [-0.39, 0.29) is 11.8 Å². The number of amides is 2. The number of piperazine rings is 1. The van der Waals surface area contributed by atoms with Crippen molar-refractivity contribution in [1.82, 2.24) is 20.2 Å². The Bertz CT molecular complexity index is 715.